The van der Waals surface area contributed by atoms with Crippen molar-refractivity contribution < 1.29 is 14.7 Å². The number of likely N-dealkylation sites (tertiary alicyclic amines) is 1. The van der Waals surface area contributed by atoms with Crippen molar-refractivity contribution in [2.45, 2.75) is 32.6 Å². The van der Waals surface area contributed by atoms with Gasteiger partial charge in [0.15, 0.2) is 0 Å². The van der Waals surface area contributed by atoms with Gasteiger partial charge in [-0.2, -0.15) is 0 Å². The number of aliphatic carboxylic acids is 1. The number of piperidine rings is 1. The molecule has 0 spiro atoms. The number of halogens is 2. The molecule has 1 fully saturated rings. The van der Waals surface area contributed by atoms with E-state index < -0.39 is 5.97 Å². The Hall–Kier alpha value is -1.07. The maximum absolute atomic E-state index is 12.6. The topological polar surface area (TPSA) is 57.6 Å². The van der Waals surface area contributed by atoms with E-state index in [1.165, 1.54) is 0 Å². The summed E-state index contributed by atoms with van der Waals surface area (Å²) in [4.78, 5) is 25.1. The van der Waals surface area contributed by atoms with E-state index in [1.807, 2.05) is 17.9 Å². The van der Waals surface area contributed by atoms with E-state index in [4.69, 9.17) is 16.7 Å². The van der Waals surface area contributed by atoms with Crippen molar-refractivity contribution in [1.82, 2.24) is 4.90 Å². The lowest BCUT2D eigenvalue weighted by Crippen LogP contribution is -2.40. The lowest BCUT2D eigenvalue weighted by atomic mass is 9.93. The summed E-state index contributed by atoms with van der Waals surface area (Å²) in [6.45, 7) is 3.24. The number of nitrogens with zero attached hydrogens (tertiary/aromatic N) is 1. The summed E-state index contributed by atoms with van der Waals surface area (Å²) in [5.74, 6) is -0.544. The van der Waals surface area contributed by atoms with Crippen molar-refractivity contribution in [2.24, 2.45) is 5.92 Å². The van der Waals surface area contributed by atoms with Crippen molar-refractivity contribution in [1.29, 1.82) is 0 Å². The van der Waals surface area contributed by atoms with Crippen molar-refractivity contribution in [3.63, 3.8) is 0 Å². The number of amides is 1. The molecule has 0 bridgehead atoms. The van der Waals surface area contributed by atoms with Gasteiger partial charge in [-0.3, -0.25) is 9.59 Å². The third-order valence-corrected chi connectivity index (χ3v) is 5.61. The molecule has 1 N–H and O–H groups in total. The quantitative estimate of drug-likeness (QED) is 0.844. The number of carbonyl (C=O) groups is 2. The predicted molar refractivity (Wildman–Crippen MR) is 89.4 cm³/mol. The lowest BCUT2D eigenvalue weighted by Gasteiger charge is -2.32. The van der Waals surface area contributed by atoms with Gasteiger partial charge in [0.1, 0.15) is 0 Å². The molecule has 0 aromatic heterocycles. The average Bonchev–Trinajstić information content (AvgIpc) is 2.49. The Kier molecular flexibility index (Phi) is 5.87. The smallest absolute Gasteiger partial charge is 0.303 e. The van der Waals surface area contributed by atoms with E-state index >= 15 is 0 Å². The van der Waals surface area contributed by atoms with Gasteiger partial charge in [-0.1, -0.05) is 11.6 Å². The molecule has 22 heavy (non-hydrogen) atoms. The normalized spacial score (nSPS) is 18.3. The van der Waals surface area contributed by atoms with Crippen LogP contribution in [0.1, 0.15) is 41.6 Å². The van der Waals surface area contributed by atoms with Gasteiger partial charge in [0.2, 0.25) is 0 Å². The standard InChI is InChI=1S/C16H19BrClNO3/c1-10-7-12(8-13(18)15(10)17)16(22)19-6-2-3-11(9-19)4-5-14(20)21/h7-8,11H,2-6,9H2,1H3,(H,20,21). The Morgan fingerprint density at radius 3 is 2.82 bits per heavy atom. The molecule has 6 heteroatoms. The summed E-state index contributed by atoms with van der Waals surface area (Å²) in [5, 5.41) is 9.31. The Balaban J connectivity index is 2.07. The van der Waals surface area contributed by atoms with Crippen molar-refractivity contribution >= 4 is 39.4 Å². The van der Waals surface area contributed by atoms with Crippen molar-refractivity contribution in [3.05, 3.63) is 32.8 Å². The molecule has 1 unspecified atom stereocenters. The fraction of sp³-hybridized carbons (Fsp3) is 0.500. The van der Waals surface area contributed by atoms with Crippen LogP contribution in [0.25, 0.3) is 0 Å². The molecular weight excluding hydrogens is 370 g/mol. The Morgan fingerprint density at radius 1 is 1.45 bits per heavy atom. The van der Waals surface area contributed by atoms with Gasteiger partial charge in [0.05, 0.1) is 5.02 Å². The molecule has 1 amide bonds. The maximum Gasteiger partial charge on any atom is 0.303 e. The highest BCUT2D eigenvalue weighted by Crippen LogP contribution is 2.29. The number of hydrogen-bond acceptors (Lipinski definition) is 2. The number of carboxylic acids is 1. The molecule has 1 aliphatic rings. The average molecular weight is 389 g/mol. The number of carboxylic acid groups (broad SMARTS) is 1. The molecule has 1 atom stereocenters. The number of carbonyl (C=O) groups excluding carboxylic acids is 1. The minimum atomic E-state index is -0.779. The molecule has 2 rings (SSSR count). The van der Waals surface area contributed by atoms with Crippen LogP contribution in [0.2, 0.25) is 5.02 Å². The van der Waals surface area contributed by atoms with Crippen LogP contribution in [0.5, 0.6) is 0 Å². The number of rotatable bonds is 4. The number of benzene rings is 1. The highest BCUT2D eigenvalue weighted by Gasteiger charge is 2.25. The Morgan fingerprint density at radius 2 is 2.18 bits per heavy atom. The first kappa shape index (κ1) is 17.3. The zero-order valence-electron chi connectivity index (χ0n) is 12.4. The van der Waals surface area contributed by atoms with Crippen LogP contribution in [-0.2, 0) is 4.79 Å². The van der Waals surface area contributed by atoms with Crippen LogP contribution in [0.15, 0.2) is 16.6 Å². The maximum atomic E-state index is 12.6. The van der Waals surface area contributed by atoms with Gasteiger partial charge < -0.3 is 10.0 Å². The van der Waals surface area contributed by atoms with E-state index in [9.17, 15) is 9.59 Å². The van der Waals surface area contributed by atoms with E-state index in [0.29, 0.717) is 23.6 Å². The fourth-order valence-electron chi connectivity index (χ4n) is 2.85. The summed E-state index contributed by atoms with van der Waals surface area (Å²) in [6, 6.07) is 3.51. The molecule has 1 saturated heterocycles. The second-order valence-corrected chi connectivity index (χ2v) is 6.98. The first-order chi connectivity index (χ1) is 10.4. The summed E-state index contributed by atoms with van der Waals surface area (Å²) in [5.41, 5.74) is 1.51. The predicted octanol–water partition coefficient (Wildman–Crippen LogP) is 4.13. The van der Waals surface area contributed by atoms with Crippen molar-refractivity contribution in [2.75, 3.05) is 13.1 Å². The van der Waals surface area contributed by atoms with E-state index in [0.717, 1.165) is 29.4 Å². The monoisotopic (exact) mass is 387 g/mol. The Labute approximate surface area is 143 Å². The summed E-state index contributed by atoms with van der Waals surface area (Å²) in [6.07, 6.45) is 2.69. The minimum absolute atomic E-state index is 0.0301. The molecule has 4 nitrogen and oxygen atoms in total. The Bertz CT molecular complexity index is 568. The van der Waals surface area contributed by atoms with Crippen LogP contribution in [-0.4, -0.2) is 35.0 Å². The van der Waals surface area contributed by atoms with Crippen molar-refractivity contribution in [3.8, 4) is 0 Å². The highest BCUT2D eigenvalue weighted by atomic mass is 79.9. The second kappa shape index (κ2) is 7.47. The second-order valence-electron chi connectivity index (χ2n) is 5.78. The van der Waals surface area contributed by atoms with Gasteiger partial charge in [0.25, 0.3) is 5.91 Å². The molecule has 0 saturated carbocycles. The van der Waals surface area contributed by atoms with E-state index in [1.54, 1.807) is 6.07 Å². The molecule has 1 aromatic rings. The molecule has 120 valence electrons. The van der Waals surface area contributed by atoms with E-state index in [2.05, 4.69) is 15.9 Å². The lowest BCUT2D eigenvalue weighted by molar-refractivity contribution is -0.137. The number of aryl methyl sites for hydroxylation is 1. The fourth-order valence-corrected chi connectivity index (χ4v) is 3.34. The summed E-state index contributed by atoms with van der Waals surface area (Å²) < 4.78 is 0.809. The van der Waals surface area contributed by atoms with Crippen LogP contribution < -0.4 is 0 Å². The van der Waals surface area contributed by atoms with Gasteiger partial charge in [-0.25, -0.2) is 0 Å². The van der Waals surface area contributed by atoms with Crippen LogP contribution in [0.4, 0.5) is 0 Å². The van der Waals surface area contributed by atoms with Crippen LogP contribution >= 0.6 is 27.5 Å². The number of hydrogen-bond donors (Lipinski definition) is 1. The molecule has 0 aliphatic carbocycles. The summed E-state index contributed by atoms with van der Waals surface area (Å²) >= 11 is 9.52. The van der Waals surface area contributed by atoms with Gasteiger partial charge >= 0.3 is 5.97 Å². The first-order valence-corrected chi connectivity index (χ1v) is 8.52. The third kappa shape index (κ3) is 4.23. The van der Waals surface area contributed by atoms with Gasteiger partial charge in [-0.05, 0) is 65.7 Å². The van der Waals surface area contributed by atoms with Crippen LogP contribution in [0.3, 0.4) is 0 Å². The molecule has 1 aliphatic heterocycles. The largest absolute Gasteiger partial charge is 0.481 e. The van der Waals surface area contributed by atoms with Gasteiger partial charge in [-0.15, -0.1) is 0 Å². The molecule has 1 heterocycles. The zero-order chi connectivity index (χ0) is 16.3. The molecule has 1 aromatic carbocycles. The highest BCUT2D eigenvalue weighted by molar-refractivity contribution is 9.10. The van der Waals surface area contributed by atoms with E-state index in [-0.39, 0.29) is 18.2 Å². The third-order valence-electron chi connectivity index (χ3n) is 4.03. The first-order valence-electron chi connectivity index (χ1n) is 7.35. The van der Waals surface area contributed by atoms with Crippen LogP contribution in [0, 0.1) is 12.8 Å². The SMILES string of the molecule is Cc1cc(C(=O)N2CCCC(CCC(=O)O)C2)cc(Cl)c1Br. The molecule has 0 radical (unpaired) electrons. The molecular formula is C16H19BrClNO3. The van der Waals surface area contributed by atoms with Gasteiger partial charge in [0, 0.05) is 29.5 Å². The summed E-state index contributed by atoms with van der Waals surface area (Å²) in [7, 11) is 0. The zero-order valence-corrected chi connectivity index (χ0v) is 14.8. The minimum Gasteiger partial charge on any atom is -0.481 e.